The first-order valence-electron chi connectivity index (χ1n) is 8.53. The molecule has 1 aromatic rings. The number of hydrogen-bond donors (Lipinski definition) is 1. The molecule has 0 saturated carbocycles. The zero-order chi connectivity index (χ0) is 16.0. The van der Waals surface area contributed by atoms with Crippen molar-refractivity contribution in [2.45, 2.75) is 43.9 Å². The van der Waals surface area contributed by atoms with Crippen molar-refractivity contribution in [1.82, 2.24) is 5.32 Å². The Labute approximate surface area is 143 Å². The molecule has 1 spiro atoms. The summed E-state index contributed by atoms with van der Waals surface area (Å²) in [4.78, 5) is 0. The summed E-state index contributed by atoms with van der Waals surface area (Å²) in [5.74, 6) is 0. The van der Waals surface area contributed by atoms with Gasteiger partial charge in [-0.3, -0.25) is 0 Å². The first-order valence-corrected chi connectivity index (χ1v) is 8.91. The molecule has 1 atom stereocenters. The number of hydrogen-bond acceptors (Lipinski definition) is 4. The molecule has 1 aromatic carbocycles. The lowest BCUT2D eigenvalue weighted by atomic mass is 9.84. The quantitative estimate of drug-likeness (QED) is 0.808. The van der Waals surface area contributed by atoms with Crippen LogP contribution in [0.5, 0.6) is 0 Å². The average Bonchev–Trinajstić information content (AvgIpc) is 2.57. The predicted octanol–water partition coefficient (Wildman–Crippen LogP) is 3.17. The van der Waals surface area contributed by atoms with Crippen molar-refractivity contribution in [3.05, 3.63) is 34.9 Å². The van der Waals surface area contributed by atoms with Crippen LogP contribution in [0, 0.1) is 0 Å². The molecule has 0 aliphatic carbocycles. The van der Waals surface area contributed by atoms with E-state index in [1.807, 2.05) is 24.3 Å². The zero-order valence-corrected chi connectivity index (χ0v) is 14.3. The van der Waals surface area contributed by atoms with Gasteiger partial charge in [0, 0.05) is 37.4 Å². The third-order valence-electron chi connectivity index (χ3n) is 4.76. The Hall–Kier alpha value is -0.650. The average molecular weight is 340 g/mol. The van der Waals surface area contributed by atoms with E-state index in [0.29, 0.717) is 12.6 Å². The van der Waals surface area contributed by atoms with E-state index in [4.69, 9.17) is 25.8 Å². The summed E-state index contributed by atoms with van der Waals surface area (Å²) in [6, 6.07) is 8.33. The van der Waals surface area contributed by atoms with E-state index in [1.54, 1.807) is 0 Å². The third kappa shape index (κ3) is 5.16. The van der Waals surface area contributed by atoms with Crippen LogP contribution in [0.15, 0.2) is 24.3 Å². The van der Waals surface area contributed by atoms with E-state index in [1.165, 1.54) is 0 Å². The van der Waals surface area contributed by atoms with Gasteiger partial charge in [0.1, 0.15) is 0 Å². The van der Waals surface area contributed by atoms with Gasteiger partial charge in [0.15, 0.2) is 0 Å². The number of halogens is 1. The van der Waals surface area contributed by atoms with Crippen molar-refractivity contribution in [2.24, 2.45) is 0 Å². The van der Waals surface area contributed by atoms with E-state index in [9.17, 15) is 0 Å². The van der Waals surface area contributed by atoms with E-state index in [-0.39, 0.29) is 5.60 Å². The fraction of sp³-hybridized carbons (Fsp3) is 0.667. The molecule has 1 unspecified atom stereocenters. The number of nitrogens with one attached hydrogen (secondary N) is 1. The van der Waals surface area contributed by atoms with Crippen LogP contribution in [0.1, 0.15) is 31.2 Å². The van der Waals surface area contributed by atoms with Gasteiger partial charge in [-0.15, -0.1) is 0 Å². The molecular weight excluding hydrogens is 314 g/mol. The molecule has 0 radical (unpaired) electrons. The molecule has 128 valence electrons. The summed E-state index contributed by atoms with van der Waals surface area (Å²) >= 11 is 5.87. The molecule has 0 aromatic heterocycles. The minimum atomic E-state index is 0.0539. The SMILES string of the molecule is Clc1ccc(COCCNC2CCOC3(CCOCC3)C2)cc1. The molecule has 2 aliphatic heterocycles. The van der Waals surface area contributed by atoms with Crippen LogP contribution >= 0.6 is 11.6 Å². The second-order valence-electron chi connectivity index (χ2n) is 6.47. The molecule has 1 N–H and O–H groups in total. The van der Waals surface area contributed by atoms with E-state index >= 15 is 0 Å². The molecule has 2 fully saturated rings. The Morgan fingerprint density at radius 1 is 1.17 bits per heavy atom. The van der Waals surface area contributed by atoms with Crippen LogP contribution in [0.25, 0.3) is 0 Å². The van der Waals surface area contributed by atoms with Gasteiger partial charge in [-0.2, -0.15) is 0 Å². The highest BCUT2D eigenvalue weighted by Crippen LogP contribution is 2.34. The highest BCUT2D eigenvalue weighted by molar-refractivity contribution is 6.30. The van der Waals surface area contributed by atoms with Crippen LogP contribution in [0.2, 0.25) is 5.02 Å². The normalized spacial score (nSPS) is 24.0. The van der Waals surface area contributed by atoms with Gasteiger partial charge < -0.3 is 19.5 Å². The summed E-state index contributed by atoms with van der Waals surface area (Å²) < 4.78 is 17.3. The summed E-state index contributed by atoms with van der Waals surface area (Å²) in [6.45, 7) is 4.74. The monoisotopic (exact) mass is 339 g/mol. The summed E-state index contributed by atoms with van der Waals surface area (Å²) in [5.41, 5.74) is 1.21. The van der Waals surface area contributed by atoms with Crippen LogP contribution in [-0.4, -0.2) is 44.6 Å². The van der Waals surface area contributed by atoms with Crippen LogP contribution < -0.4 is 5.32 Å². The molecule has 2 aliphatic rings. The predicted molar refractivity (Wildman–Crippen MR) is 90.9 cm³/mol. The second kappa shape index (κ2) is 8.45. The second-order valence-corrected chi connectivity index (χ2v) is 6.90. The fourth-order valence-electron chi connectivity index (χ4n) is 3.40. The molecule has 2 saturated heterocycles. The van der Waals surface area contributed by atoms with Crippen molar-refractivity contribution in [1.29, 1.82) is 0 Å². The maximum Gasteiger partial charge on any atom is 0.0741 e. The summed E-state index contributed by atoms with van der Waals surface area (Å²) in [6.07, 6.45) is 4.23. The first kappa shape index (κ1) is 17.2. The summed E-state index contributed by atoms with van der Waals surface area (Å²) in [5, 5.41) is 4.38. The Kier molecular flexibility index (Phi) is 6.31. The number of rotatable bonds is 6. The smallest absolute Gasteiger partial charge is 0.0741 e. The number of ether oxygens (including phenoxy) is 3. The molecule has 4 nitrogen and oxygen atoms in total. The topological polar surface area (TPSA) is 39.7 Å². The highest BCUT2D eigenvalue weighted by Gasteiger charge is 2.38. The van der Waals surface area contributed by atoms with E-state index in [0.717, 1.165) is 69.2 Å². The maximum absolute atomic E-state index is 6.07. The van der Waals surface area contributed by atoms with Gasteiger partial charge in [-0.25, -0.2) is 0 Å². The minimum absolute atomic E-state index is 0.0539. The minimum Gasteiger partial charge on any atom is -0.381 e. The van der Waals surface area contributed by atoms with E-state index < -0.39 is 0 Å². The Bertz CT molecular complexity index is 468. The fourth-order valence-corrected chi connectivity index (χ4v) is 3.53. The van der Waals surface area contributed by atoms with Crippen molar-refractivity contribution < 1.29 is 14.2 Å². The first-order chi connectivity index (χ1) is 11.3. The maximum atomic E-state index is 6.07. The highest BCUT2D eigenvalue weighted by atomic mass is 35.5. The number of benzene rings is 1. The van der Waals surface area contributed by atoms with E-state index in [2.05, 4.69) is 5.32 Å². The van der Waals surface area contributed by atoms with Crippen molar-refractivity contribution in [2.75, 3.05) is 33.0 Å². The molecule has 0 amide bonds. The Balaban J connectivity index is 1.33. The lowest BCUT2D eigenvalue weighted by Gasteiger charge is -2.43. The lowest BCUT2D eigenvalue weighted by Crippen LogP contribution is -2.50. The lowest BCUT2D eigenvalue weighted by molar-refractivity contribution is -0.140. The third-order valence-corrected chi connectivity index (χ3v) is 5.01. The molecule has 23 heavy (non-hydrogen) atoms. The largest absolute Gasteiger partial charge is 0.381 e. The van der Waals surface area contributed by atoms with Gasteiger partial charge in [-0.1, -0.05) is 23.7 Å². The molecule has 5 heteroatoms. The van der Waals surface area contributed by atoms with Crippen molar-refractivity contribution in [3.8, 4) is 0 Å². The van der Waals surface area contributed by atoms with Gasteiger partial charge >= 0.3 is 0 Å². The molecular formula is C18H26ClNO3. The van der Waals surface area contributed by atoms with Gasteiger partial charge in [0.2, 0.25) is 0 Å². The Morgan fingerprint density at radius 3 is 2.74 bits per heavy atom. The molecule has 0 bridgehead atoms. The van der Waals surface area contributed by atoms with Gasteiger partial charge in [0.05, 0.1) is 18.8 Å². The van der Waals surface area contributed by atoms with Gasteiger partial charge in [-0.05, 0) is 43.4 Å². The van der Waals surface area contributed by atoms with Crippen molar-refractivity contribution in [3.63, 3.8) is 0 Å². The van der Waals surface area contributed by atoms with Crippen molar-refractivity contribution >= 4 is 11.6 Å². The summed E-state index contributed by atoms with van der Waals surface area (Å²) in [7, 11) is 0. The zero-order valence-electron chi connectivity index (χ0n) is 13.6. The molecule has 3 rings (SSSR count). The molecule has 2 heterocycles. The Morgan fingerprint density at radius 2 is 1.96 bits per heavy atom. The van der Waals surface area contributed by atoms with Crippen LogP contribution in [-0.2, 0) is 20.8 Å². The van der Waals surface area contributed by atoms with Crippen LogP contribution in [0.3, 0.4) is 0 Å². The van der Waals surface area contributed by atoms with Crippen LogP contribution in [0.4, 0.5) is 0 Å². The standard InChI is InChI=1S/C18H26ClNO3/c19-16-3-1-15(2-4-16)14-22-12-8-20-17-5-9-23-18(13-17)6-10-21-11-7-18/h1-4,17,20H,5-14H2. The van der Waals surface area contributed by atoms with Gasteiger partial charge in [0.25, 0.3) is 0 Å².